The van der Waals surface area contributed by atoms with Gasteiger partial charge in [0.25, 0.3) is 5.91 Å². The molecule has 0 aliphatic rings. The molecule has 8 heteroatoms. The van der Waals surface area contributed by atoms with Gasteiger partial charge >= 0.3 is 0 Å². The summed E-state index contributed by atoms with van der Waals surface area (Å²) in [6.45, 7) is -0.221. The van der Waals surface area contributed by atoms with Gasteiger partial charge < -0.3 is 10.1 Å². The number of halogens is 1. The van der Waals surface area contributed by atoms with Crippen LogP contribution in [0.3, 0.4) is 0 Å². The largest absolute Gasteiger partial charge is 0.484 e. The lowest BCUT2D eigenvalue weighted by Gasteiger charge is -2.12. The third-order valence-electron chi connectivity index (χ3n) is 3.98. The van der Waals surface area contributed by atoms with E-state index in [-0.39, 0.29) is 24.0 Å². The van der Waals surface area contributed by atoms with Crippen molar-refractivity contribution in [1.82, 2.24) is 16.2 Å². The van der Waals surface area contributed by atoms with Gasteiger partial charge in [-0.25, -0.2) is 0 Å². The summed E-state index contributed by atoms with van der Waals surface area (Å²) in [6, 6.07) is 20.3. The van der Waals surface area contributed by atoms with Crippen LogP contribution in [0.4, 0.5) is 0 Å². The smallest absolute Gasteiger partial charge is 0.276 e. The van der Waals surface area contributed by atoms with Crippen molar-refractivity contribution < 1.29 is 14.3 Å². The van der Waals surface area contributed by atoms with Crippen LogP contribution in [0.2, 0.25) is 5.02 Å². The molecule has 6 nitrogen and oxygen atoms in total. The normalized spacial score (nSPS) is 10.2. The third kappa shape index (κ3) is 6.17. The minimum Gasteiger partial charge on any atom is -0.484 e. The lowest BCUT2D eigenvalue weighted by atomic mass is 10.0. The maximum atomic E-state index is 12.3. The van der Waals surface area contributed by atoms with Crippen LogP contribution >= 0.6 is 23.8 Å². The highest BCUT2D eigenvalue weighted by Crippen LogP contribution is 2.18. The Labute approximate surface area is 178 Å². The average molecular weight is 428 g/mol. The number of hydrazine groups is 1. The summed E-state index contributed by atoms with van der Waals surface area (Å²) in [7, 11) is 0. The second-order valence-corrected chi connectivity index (χ2v) is 6.95. The molecule has 0 aliphatic heterocycles. The highest BCUT2D eigenvalue weighted by atomic mass is 35.5. The standard InChI is InChI=1S/C21H18ClN3O3S/c22-16-8-10-17(11-9-16)28-13-20(27)24-25-21(29)23-19(26)12-15-6-3-5-14-4-1-2-7-18(14)15/h1-11H,12-13H2,(H,24,27)(H2,23,25,26,29). The molecule has 0 aromatic heterocycles. The minimum atomic E-state index is -0.453. The predicted molar refractivity (Wildman–Crippen MR) is 117 cm³/mol. The molecule has 0 saturated carbocycles. The number of ether oxygens (including phenoxy) is 1. The summed E-state index contributed by atoms with van der Waals surface area (Å²) in [5, 5.41) is 5.18. The Bertz CT molecular complexity index is 1040. The van der Waals surface area contributed by atoms with E-state index in [1.54, 1.807) is 24.3 Å². The minimum absolute atomic E-state index is 0.00456. The fraction of sp³-hybridized carbons (Fsp3) is 0.0952. The Morgan fingerprint density at radius 2 is 1.62 bits per heavy atom. The molecular weight excluding hydrogens is 410 g/mol. The first-order valence-corrected chi connectivity index (χ1v) is 9.53. The second-order valence-electron chi connectivity index (χ2n) is 6.11. The summed E-state index contributed by atoms with van der Waals surface area (Å²) in [6.07, 6.45) is 0.163. The number of hydrogen-bond donors (Lipinski definition) is 3. The van der Waals surface area contributed by atoms with Gasteiger partial charge in [-0.15, -0.1) is 0 Å². The maximum Gasteiger partial charge on any atom is 0.276 e. The monoisotopic (exact) mass is 427 g/mol. The molecule has 3 aromatic rings. The second kappa shape index (κ2) is 9.86. The van der Waals surface area contributed by atoms with E-state index in [0.717, 1.165) is 16.3 Å². The number of rotatable bonds is 5. The molecule has 0 saturated heterocycles. The van der Waals surface area contributed by atoms with E-state index in [9.17, 15) is 9.59 Å². The number of hydrogen-bond acceptors (Lipinski definition) is 4. The highest BCUT2D eigenvalue weighted by Gasteiger charge is 2.09. The van der Waals surface area contributed by atoms with Crippen LogP contribution < -0.4 is 20.9 Å². The summed E-state index contributed by atoms with van der Waals surface area (Å²) < 4.78 is 5.31. The van der Waals surface area contributed by atoms with Gasteiger partial charge in [-0.3, -0.25) is 20.4 Å². The van der Waals surface area contributed by atoms with E-state index in [1.807, 2.05) is 42.5 Å². The Hall–Kier alpha value is -3.16. The number of fused-ring (bicyclic) bond motifs is 1. The van der Waals surface area contributed by atoms with Crippen LogP contribution in [0.25, 0.3) is 10.8 Å². The molecule has 3 rings (SSSR count). The van der Waals surface area contributed by atoms with Crippen molar-refractivity contribution in [1.29, 1.82) is 0 Å². The van der Waals surface area contributed by atoms with E-state index in [2.05, 4.69) is 16.2 Å². The highest BCUT2D eigenvalue weighted by molar-refractivity contribution is 7.80. The van der Waals surface area contributed by atoms with Gasteiger partial charge in [0.15, 0.2) is 11.7 Å². The predicted octanol–water partition coefficient (Wildman–Crippen LogP) is 3.14. The van der Waals surface area contributed by atoms with Crippen LogP contribution in [-0.2, 0) is 16.0 Å². The Morgan fingerprint density at radius 1 is 0.897 bits per heavy atom. The van der Waals surface area contributed by atoms with E-state index >= 15 is 0 Å². The zero-order valence-electron chi connectivity index (χ0n) is 15.3. The summed E-state index contributed by atoms with van der Waals surface area (Å²) in [5.74, 6) is -0.230. The molecule has 0 radical (unpaired) electrons. The lowest BCUT2D eigenvalue weighted by molar-refractivity contribution is -0.124. The lowest BCUT2D eigenvalue weighted by Crippen LogP contribution is -2.49. The molecule has 0 heterocycles. The molecule has 0 atom stereocenters. The molecule has 2 amide bonds. The first kappa shape index (κ1) is 20.6. The topological polar surface area (TPSA) is 79.5 Å². The number of carbonyl (C=O) groups excluding carboxylic acids is 2. The molecule has 0 bridgehead atoms. The van der Waals surface area contributed by atoms with Crippen molar-refractivity contribution in [3.8, 4) is 5.75 Å². The molecule has 0 unspecified atom stereocenters. The van der Waals surface area contributed by atoms with Crippen LogP contribution in [0, 0.1) is 0 Å². The molecule has 3 aromatic carbocycles. The zero-order chi connectivity index (χ0) is 20.6. The number of carbonyl (C=O) groups is 2. The summed E-state index contributed by atoms with van der Waals surface area (Å²) in [5.41, 5.74) is 5.74. The molecule has 0 fully saturated rings. The van der Waals surface area contributed by atoms with Crippen molar-refractivity contribution in [3.05, 3.63) is 77.3 Å². The molecule has 29 heavy (non-hydrogen) atoms. The Kier molecular flexibility index (Phi) is 6.99. The van der Waals surface area contributed by atoms with Crippen molar-refractivity contribution in [2.24, 2.45) is 0 Å². The van der Waals surface area contributed by atoms with Gasteiger partial charge in [0.1, 0.15) is 5.75 Å². The molecular formula is C21H18ClN3O3S. The fourth-order valence-corrected chi connectivity index (χ4v) is 2.95. The molecule has 148 valence electrons. The average Bonchev–Trinajstić information content (AvgIpc) is 2.72. The van der Waals surface area contributed by atoms with Gasteiger partial charge in [-0.1, -0.05) is 54.1 Å². The number of nitrogens with one attached hydrogen (secondary N) is 3. The van der Waals surface area contributed by atoms with Crippen LogP contribution in [-0.4, -0.2) is 23.5 Å². The van der Waals surface area contributed by atoms with Gasteiger partial charge in [-0.2, -0.15) is 0 Å². The van der Waals surface area contributed by atoms with Gasteiger partial charge in [-0.05, 0) is 52.8 Å². The molecule has 0 spiro atoms. The van der Waals surface area contributed by atoms with Gasteiger partial charge in [0.05, 0.1) is 6.42 Å². The summed E-state index contributed by atoms with van der Waals surface area (Å²) in [4.78, 5) is 24.1. The Balaban J connectivity index is 1.43. The van der Waals surface area contributed by atoms with Crippen LogP contribution in [0.15, 0.2) is 66.7 Å². The first-order chi connectivity index (χ1) is 14.0. The number of thiocarbonyl (C=S) groups is 1. The maximum absolute atomic E-state index is 12.3. The van der Waals surface area contributed by atoms with Crippen molar-refractivity contribution >= 4 is 51.5 Å². The van der Waals surface area contributed by atoms with Crippen LogP contribution in [0.1, 0.15) is 5.56 Å². The van der Waals surface area contributed by atoms with E-state index in [1.165, 1.54) is 0 Å². The van der Waals surface area contributed by atoms with Gasteiger partial charge in [0.2, 0.25) is 5.91 Å². The first-order valence-electron chi connectivity index (χ1n) is 8.75. The van der Waals surface area contributed by atoms with E-state index in [0.29, 0.717) is 10.8 Å². The fourth-order valence-electron chi connectivity index (χ4n) is 2.66. The summed E-state index contributed by atoms with van der Waals surface area (Å²) >= 11 is 10.8. The SMILES string of the molecule is O=C(COc1ccc(Cl)cc1)NNC(=S)NC(=O)Cc1cccc2ccccc12. The quantitative estimate of drug-likeness (QED) is 0.430. The zero-order valence-corrected chi connectivity index (χ0v) is 16.8. The van der Waals surface area contributed by atoms with E-state index < -0.39 is 5.91 Å². The molecule has 0 aliphatic carbocycles. The molecule has 3 N–H and O–H groups in total. The Morgan fingerprint density at radius 3 is 2.41 bits per heavy atom. The van der Waals surface area contributed by atoms with Crippen molar-refractivity contribution in [3.63, 3.8) is 0 Å². The number of benzene rings is 3. The van der Waals surface area contributed by atoms with Crippen LogP contribution in [0.5, 0.6) is 5.75 Å². The van der Waals surface area contributed by atoms with Crippen molar-refractivity contribution in [2.45, 2.75) is 6.42 Å². The van der Waals surface area contributed by atoms with E-state index in [4.69, 9.17) is 28.6 Å². The van der Waals surface area contributed by atoms with Gasteiger partial charge in [0, 0.05) is 5.02 Å². The number of amides is 2. The van der Waals surface area contributed by atoms with Crippen molar-refractivity contribution in [2.75, 3.05) is 6.61 Å². The third-order valence-corrected chi connectivity index (χ3v) is 4.44.